The molecule has 52 heavy (non-hydrogen) atoms. The molecule has 4 rings (SSSR count). The first-order valence-electron chi connectivity index (χ1n) is 19.2. The highest BCUT2D eigenvalue weighted by Crippen LogP contribution is 2.41. The van der Waals surface area contributed by atoms with Crippen molar-refractivity contribution in [3.63, 3.8) is 0 Å². The van der Waals surface area contributed by atoms with Gasteiger partial charge in [-0.1, -0.05) is 128 Å². The van der Waals surface area contributed by atoms with Crippen LogP contribution in [-0.4, -0.2) is 19.2 Å². The standard InChI is InChI=1S/C46H61N3O3/c1-35(2)44(50)52-33-17-13-11-9-8-10-12-16-32-51-39-26-22-37(23-27-39)34-47-42-28-29-43(41-19-15-14-18-40(41)42)49-48-38-24-20-36(21-25-38)30-31-46(6,7)45(3,4)5/h14-15,18-29,47H,1,8-13,16-17,30-34H2,2-7H3. The van der Waals surface area contributed by atoms with Crippen LogP contribution in [0.25, 0.3) is 10.8 Å². The molecule has 1 N–H and O–H groups in total. The Kier molecular flexibility index (Phi) is 15.5. The Hall–Kier alpha value is -4.45. The number of nitrogens with one attached hydrogen (secondary N) is 1. The first-order chi connectivity index (χ1) is 24.9. The fraction of sp³-hybridized carbons (Fsp3) is 0.457. The highest BCUT2D eigenvalue weighted by Gasteiger charge is 2.32. The zero-order valence-corrected chi connectivity index (χ0v) is 32.6. The number of azo groups is 1. The second-order valence-corrected chi connectivity index (χ2v) is 15.8. The number of aryl methyl sites for hydroxylation is 1. The van der Waals surface area contributed by atoms with Gasteiger partial charge in [0.2, 0.25) is 0 Å². The molecule has 0 unspecified atom stereocenters. The molecular weight excluding hydrogens is 643 g/mol. The zero-order valence-electron chi connectivity index (χ0n) is 32.6. The molecule has 0 spiro atoms. The Morgan fingerprint density at radius 2 is 1.29 bits per heavy atom. The quantitative estimate of drug-likeness (QED) is 0.0406. The molecule has 0 aliphatic carbocycles. The highest BCUT2D eigenvalue weighted by molar-refractivity contribution is 6.00. The van der Waals surface area contributed by atoms with Crippen LogP contribution in [0.2, 0.25) is 0 Å². The normalized spacial score (nSPS) is 12.0. The summed E-state index contributed by atoms with van der Waals surface area (Å²) in [5.41, 5.74) is 6.32. The molecule has 0 saturated heterocycles. The van der Waals surface area contributed by atoms with E-state index in [9.17, 15) is 4.79 Å². The molecule has 0 fully saturated rings. The third kappa shape index (κ3) is 13.0. The predicted molar refractivity (Wildman–Crippen MR) is 218 cm³/mol. The molecule has 6 nitrogen and oxygen atoms in total. The minimum Gasteiger partial charge on any atom is -0.494 e. The van der Waals surface area contributed by atoms with Gasteiger partial charge in [-0.3, -0.25) is 0 Å². The van der Waals surface area contributed by atoms with E-state index in [4.69, 9.17) is 9.47 Å². The van der Waals surface area contributed by atoms with Crippen LogP contribution in [0, 0.1) is 10.8 Å². The molecule has 0 heterocycles. The van der Waals surface area contributed by atoms with E-state index in [1.807, 2.05) is 6.07 Å². The first-order valence-corrected chi connectivity index (χ1v) is 19.2. The lowest BCUT2D eigenvalue weighted by Crippen LogP contribution is -2.30. The van der Waals surface area contributed by atoms with Gasteiger partial charge in [0.15, 0.2) is 0 Å². The van der Waals surface area contributed by atoms with Gasteiger partial charge in [-0.2, -0.15) is 5.11 Å². The van der Waals surface area contributed by atoms with E-state index in [0.717, 1.165) is 72.3 Å². The number of anilines is 1. The Balaban J connectivity index is 1.17. The highest BCUT2D eigenvalue weighted by atomic mass is 16.5. The van der Waals surface area contributed by atoms with Gasteiger partial charge < -0.3 is 14.8 Å². The molecule has 0 aliphatic heterocycles. The number of esters is 1. The van der Waals surface area contributed by atoms with Crippen molar-refractivity contribution in [2.45, 2.75) is 112 Å². The van der Waals surface area contributed by atoms with Crippen molar-refractivity contribution >= 4 is 33.8 Å². The van der Waals surface area contributed by atoms with Crippen LogP contribution in [0.4, 0.5) is 17.1 Å². The van der Waals surface area contributed by atoms with Crippen LogP contribution in [0.5, 0.6) is 5.75 Å². The molecular formula is C46H61N3O3. The van der Waals surface area contributed by atoms with Crippen LogP contribution >= 0.6 is 0 Å². The van der Waals surface area contributed by atoms with Crippen molar-refractivity contribution < 1.29 is 14.3 Å². The topological polar surface area (TPSA) is 72.3 Å². The van der Waals surface area contributed by atoms with E-state index < -0.39 is 0 Å². The number of benzene rings is 4. The molecule has 0 saturated carbocycles. The summed E-state index contributed by atoms with van der Waals surface area (Å²) < 4.78 is 11.1. The number of carbonyl (C=O) groups is 1. The van der Waals surface area contributed by atoms with Gasteiger partial charge in [0.25, 0.3) is 0 Å². The summed E-state index contributed by atoms with van der Waals surface area (Å²) in [6, 6.07) is 29.4. The number of rotatable bonds is 21. The van der Waals surface area contributed by atoms with Gasteiger partial charge in [0.1, 0.15) is 5.75 Å². The van der Waals surface area contributed by atoms with Gasteiger partial charge in [-0.05, 0) is 91.0 Å². The van der Waals surface area contributed by atoms with Gasteiger partial charge in [-0.15, -0.1) is 5.11 Å². The number of ether oxygens (including phenoxy) is 2. The van der Waals surface area contributed by atoms with Crippen molar-refractivity contribution in [3.05, 3.63) is 108 Å². The molecule has 4 aromatic carbocycles. The number of carbonyl (C=O) groups excluding carboxylic acids is 1. The number of nitrogens with zero attached hydrogens (tertiary/aromatic N) is 2. The summed E-state index contributed by atoms with van der Waals surface area (Å²) >= 11 is 0. The Labute approximate surface area is 313 Å². The van der Waals surface area contributed by atoms with E-state index in [-0.39, 0.29) is 16.8 Å². The molecule has 0 atom stereocenters. The molecule has 0 aliphatic rings. The van der Waals surface area contributed by atoms with Crippen LogP contribution in [0.1, 0.15) is 110 Å². The average Bonchev–Trinajstić information content (AvgIpc) is 3.13. The van der Waals surface area contributed by atoms with Crippen molar-refractivity contribution in [1.29, 1.82) is 0 Å². The van der Waals surface area contributed by atoms with Gasteiger partial charge in [0.05, 0.1) is 24.6 Å². The zero-order chi connectivity index (χ0) is 37.4. The minimum absolute atomic E-state index is 0.267. The Morgan fingerprint density at radius 3 is 1.92 bits per heavy atom. The molecule has 0 amide bonds. The third-order valence-corrected chi connectivity index (χ3v) is 10.5. The van der Waals surface area contributed by atoms with Crippen molar-refractivity contribution in [1.82, 2.24) is 0 Å². The van der Waals surface area contributed by atoms with E-state index >= 15 is 0 Å². The number of hydrogen-bond acceptors (Lipinski definition) is 6. The predicted octanol–water partition coefficient (Wildman–Crippen LogP) is 13.5. The first kappa shape index (κ1) is 40.3. The maximum Gasteiger partial charge on any atom is 0.333 e. The van der Waals surface area contributed by atoms with Crippen LogP contribution in [0.3, 0.4) is 0 Å². The summed E-state index contributed by atoms with van der Waals surface area (Å²) in [7, 11) is 0. The lowest BCUT2D eigenvalue weighted by atomic mass is 9.66. The lowest BCUT2D eigenvalue weighted by molar-refractivity contribution is -0.139. The van der Waals surface area contributed by atoms with Crippen LogP contribution in [0.15, 0.2) is 107 Å². The van der Waals surface area contributed by atoms with Crippen LogP contribution < -0.4 is 10.1 Å². The maximum atomic E-state index is 11.4. The molecule has 278 valence electrons. The number of fused-ring (bicyclic) bond motifs is 1. The Bertz CT molecular complexity index is 1730. The smallest absolute Gasteiger partial charge is 0.333 e. The maximum absolute atomic E-state index is 11.4. The summed E-state index contributed by atoms with van der Waals surface area (Å²) in [6.45, 7) is 18.9. The van der Waals surface area contributed by atoms with E-state index in [1.165, 1.54) is 43.2 Å². The summed E-state index contributed by atoms with van der Waals surface area (Å²) in [4.78, 5) is 11.4. The largest absolute Gasteiger partial charge is 0.494 e. The summed E-state index contributed by atoms with van der Waals surface area (Å²) in [5, 5.41) is 15.1. The summed E-state index contributed by atoms with van der Waals surface area (Å²) in [6.07, 6.45) is 11.3. The minimum atomic E-state index is -0.286. The molecule has 6 heteroatoms. The second-order valence-electron chi connectivity index (χ2n) is 15.8. The lowest BCUT2D eigenvalue weighted by Gasteiger charge is -2.39. The van der Waals surface area contributed by atoms with Crippen molar-refractivity contribution in [3.8, 4) is 5.75 Å². The molecule has 0 aromatic heterocycles. The number of hydrogen-bond donors (Lipinski definition) is 1. The summed E-state index contributed by atoms with van der Waals surface area (Å²) in [5.74, 6) is 0.626. The SMILES string of the molecule is C=C(C)C(=O)OCCCCCCCCCCOc1ccc(CNc2ccc(N=Nc3ccc(CCC(C)(C)C(C)(C)C)cc3)c3ccccc23)cc1. The fourth-order valence-corrected chi connectivity index (χ4v) is 5.84. The van der Waals surface area contributed by atoms with E-state index in [0.29, 0.717) is 18.7 Å². The van der Waals surface area contributed by atoms with E-state index in [1.54, 1.807) is 6.92 Å². The molecule has 0 radical (unpaired) electrons. The van der Waals surface area contributed by atoms with Crippen LogP contribution in [-0.2, 0) is 22.5 Å². The number of unbranched alkanes of at least 4 members (excludes halogenated alkanes) is 7. The Morgan fingerprint density at radius 1 is 0.692 bits per heavy atom. The molecule has 0 bridgehead atoms. The van der Waals surface area contributed by atoms with Gasteiger partial charge in [0, 0.05) is 28.6 Å². The second kappa shape index (κ2) is 20.0. The van der Waals surface area contributed by atoms with Gasteiger partial charge >= 0.3 is 5.97 Å². The third-order valence-electron chi connectivity index (χ3n) is 10.5. The van der Waals surface area contributed by atoms with E-state index in [2.05, 4.69) is 136 Å². The fourth-order valence-electron chi connectivity index (χ4n) is 5.84. The van der Waals surface area contributed by atoms with Crippen molar-refractivity contribution in [2.24, 2.45) is 21.1 Å². The van der Waals surface area contributed by atoms with Gasteiger partial charge in [-0.25, -0.2) is 4.79 Å². The average molecular weight is 704 g/mol. The molecule has 4 aromatic rings. The van der Waals surface area contributed by atoms with Crippen molar-refractivity contribution in [2.75, 3.05) is 18.5 Å². The monoisotopic (exact) mass is 703 g/mol.